The van der Waals surface area contributed by atoms with E-state index in [0.717, 1.165) is 0 Å². The summed E-state index contributed by atoms with van der Waals surface area (Å²) in [5.41, 5.74) is 3.28. The maximum Gasteiger partial charge on any atom is 0.225 e. The van der Waals surface area contributed by atoms with Crippen LogP contribution in [0.15, 0.2) is 18.5 Å². The Labute approximate surface area is 124 Å². The van der Waals surface area contributed by atoms with Crippen LogP contribution in [0.5, 0.6) is 0 Å². The molecule has 2 aliphatic rings. The molecule has 9 heteroatoms. The van der Waals surface area contributed by atoms with Crippen molar-refractivity contribution in [3.05, 3.63) is 24.2 Å². The monoisotopic (exact) mass is 303 g/mol. The Morgan fingerprint density at radius 1 is 1.36 bits per heavy atom. The van der Waals surface area contributed by atoms with E-state index < -0.39 is 29.5 Å². The number of ether oxygens (including phenoxy) is 1. The predicted molar refractivity (Wildman–Crippen MR) is 71.1 cm³/mol. The molecule has 114 valence electrons. The molecule has 1 aliphatic heterocycles. The molecule has 22 heavy (non-hydrogen) atoms. The molecule has 1 saturated carbocycles. The van der Waals surface area contributed by atoms with Gasteiger partial charge in [-0.2, -0.15) is 10.4 Å². The first-order valence-corrected chi connectivity index (χ1v) is 6.70. The molecule has 0 amide bonds. The molecule has 0 aromatic carbocycles. The molecule has 1 saturated heterocycles. The van der Waals surface area contributed by atoms with Gasteiger partial charge in [-0.25, -0.2) is 9.50 Å². The summed E-state index contributed by atoms with van der Waals surface area (Å²) in [7, 11) is 0. The van der Waals surface area contributed by atoms with Crippen molar-refractivity contribution < 1.29 is 20.1 Å². The maximum absolute atomic E-state index is 10.4. The fourth-order valence-electron chi connectivity index (χ4n) is 3.16. The number of nitrogens with two attached hydrogens (primary N) is 1. The summed E-state index contributed by atoms with van der Waals surface area (Å²) < 4.78 is 7.04. The first-order valence-electron chi connectivity index (χ1n) is 6.70. The molecular formula is C13H13N5O4. The number of rotatable bonds is 1. The standard InChI is InChI=1S/C13H13N5O4/c14-4-13(10(21)9(20)12(22-13)3-8(12)19)7-2-1-6-11(15)16-5-17-18(6)7/h1-2,5,8-10,19-21H,3H2,(H2,15,16,17)/t8-,9+,10-,12?,13+/m1/s1. The van der Waals surface area contributed by atoms with Gasteiger partial charge >= 0.3 is 0 Å². The second kappa shape index (κ2) is 3.93. The van der Waals surface area contributed by atoms with Crippen molar-refractivity contribution >= 4 is 11.3 Å². The highest BCUT2D eigenvalue weighted by molar-refractivity contribution is 5.66. The van der Waals surface area contributed by atoms with Crippen LogP contribution in [-0.4, -0.2) is 53.8 Å². The van der Waals surface area contributed by atoms with Crippen molar-refractivity contribution in [1.82, 2.24) is 14.6 Å². The third-order valence-corrected chi connectivity index (χ3v) is 4.51. The Bertz CT molecular complexity index is 816. The van der Waals surface area contributed by atoms with Crippen molar-refractivity contribution in [1.29, 1.82) is 5.26 Å². The van der Waals surface area contributed by atoms with Crippen molar-refractivity contribution in [2.75, 3.05) is 5.73 Å². The zero-order chi connectivity index (χ0) is 15.7. The molecule has 3 heterocycles. The van der Waals surface area contributed by atoms with E-state index >= 15 is 0 Å². The molecule has 0 radical (unpaired) electrons. The number of aromatic nitrogens is 3. The van der Waals surface area contributed by atoms with Crippen LogP contribution in [0.3, 0.4) is 0 Å². The first kappa shape index (κ1) is 13.4. The highest BCUT2D eigenvalue weighted by Crippen LogP contribution is 2.56. The summed E-state index contributed by atoms with van der Waals surface area (Å²) in [5, 5.41) is 44.0. The number of hydrogen-bond donors (Lipinski definition) is 4. The molecule has 1 aliphatic carbocycles. The maximum atomic E-state index is 10.4. The molecule has 5 N–H and O–H groups in total. The normalized spacial score (nSPS) is 40.2. The molecule has 2 aromatic heterocycles. The molecule has 2 aromatic rings. The van der Waals surface area contributed by atoms with Gasteiger partial charge < -0.3 is 25.8 Å². The van der Waals surface area contributed by atoms with Crippen molar-refractivity contribution in [2.45, 2.75) is 35.9 Å². The van der Waals surface area contributed by atoms with Crippen LogP contribution < -0.4 is 5.73 Å². The number of nitriles is 1. The Kier molecular flexibility index (Phi) is 2.40. The van der Waals surface area contributed by atoms with E-state index in [0.29, 0.717) is 5.52 Å². The van der Waals surface area contributed by atoms with Gasteiger partial charge in [0.05, 0.1) is 11.8 Å². The highest BCUT2D eigenvalue weighted by atomic mass is 16.6. The van der Waals surface area contributed by atoms with Gasteiger partial charge in [0, 0.05) is 6.42 Å². The van der Waals surface area contributed by atoms with Gasteiger partial charge in [-0.05, 0) is 12.1 Å². The minimum Gasteiger partial charge on any atom is -0.390 e. The van der Waals surface area contributed by atoms with Crippen LogP contribution in [0, 0.1) is 11.3 Å². The van der Waals surface area contributed by atoms with Crippen molar-refractivity contribution in [2.24, 2.45) is 0 Å². The minimum atomic E-state index is -1.84. The SMILES string of the molecule is N#C[C@@]1(c2ccc3c(N)ncnn23)OC2(C[C@H]2O)[C@@H](O)[C@H]1O. The topological polar surface area (TPSA) is 150 Å². The van der Waals surface area contributed by atoms with Gasteiger partial charge in [0.15, 0.2) is 5.82 Å². The van der Waals surface area contributed by atoms with E-state index in [9.17, 15) is 20.6 Å². The lowest BCUT2D eigenvalue weighted by Crippen LogP contribution is -2.41. The summed E-state index contributed by atoms with van der Waals surface area (Å²) in [6, 6.07) is 5.06. The van der Waals surface area contributed by atoms with E-state index in [1.807, 2.05) is 6.07 Å². The third kappa shape index (κ3) is 1.35. The average molecular weight is 303 g/mol. The van der Waals surface area contributed by atoms with E-state index in [-0.39, 0.29) is 17.9 Å². The molecule has 1 unspecified atom stereocenters. The summed E-state index contributed by atoms with van der Waals surface area (Å²) in [4.78, 5) is 3.85. The largest absolute Gasteiger partial charge is 0.390 e. The van der Waals surface area contributed by atoms with Crippen LogP contribution in [0.4, 0.5) is 5.82 Å². The lowest BCUT2D eigenvalue weighted by Gasteiger charge is -2.24. The molecule has 0 bridgehead atoms. The summed E-state index contributed by atoms with van der Waals surface area (Å²) >= 11 is 0. The van der Waals surface area contributed by atoms with Gasteiger partial charge in [0.2, 0.25) is 5.60 Å². The summed E-state index contributed by atoms with van der Waals surface area (Å²) in [6.07, 6.45) is -2.43. The predicted octanol–water partition coefficient (Wildman–Crippen LogP) is -1.71. The van der Waals surface area contributed by atoms with E-state index in [2.05, 4.69) is 10.1 Å². The lowest BCUT2D eigenvalue weighted by atomic mass is 9.92. The molecule has 1 spiro atoms. The average Bonchev–Trinajstić information content (AvgIpc) is 2.87. The van der Waals surface area contributed by atoms with Crippen molar-refractivity contribution in [3.8, 4) is 6.07 Å². The Balaban J connectivity index is 1.92. The number of fused-ring (bicyclic) bond motifs is 1. The highest BCUT2D eigenvalue weighted by Gasteiger charge is 2.74. The molecule has 2 fully saturated rings. The smallest absolute Gasteiger partial charge is 0.225 e. The first-order chi connectivity index (χ1) is 10.5. The third-order valence-electron chi connectivity index (χ3n) is 4.51. The number of anilines is 1. The molecule has 4 rings (SSSR count). The summed E-state index contributed by atoms with van der Waals surface area (Å²) in [6.45, 7) is 0. The van der Waals surface area contributed by atoms with Gasteiger partial charge in [-0.3, -0.25) is 0 Å². The number of aliphatic hydroxyl groups excluding tert-OH is 3. The number of nitrogens with zero attached hydrogens (tertiary/aromatic N) is 4. The Morgan fingerprint density at radius 3 is 2.68 bits per heavy atom. The molecule has 9 nitrogen and oxygen atoms in total. The minimum absolute atomic E-state index is 0.162. The molecular weight excluding hydrogens is 290 g/mol. The number of aliphatic hydroxyl groups is 3. The zero-order valence-corrected chi connectivity index (χ0v) is 11.3. The molecule has 5 atom stereocenters. The van der Waals surface area contributed by atoms with E-state index in [1.54, 1.807) is 6.07 Å². The van der Waals surface area contributed by atoms with Crippen molar-refractivity contribution in [3.63, 3.8) is 0 Å². The second-order valence-electron chi connectivity index (χ2n) is 5.67. The van der Waals surface area contributed by atoms with Gasteiger partial charge in [0.25, 0.3) is 0 Å². The fraction of sp³-hybridized carbons (Fsp3) is 0.462. The number of hydrogen-bond acceptors (Lipinski definition) is 8. The van der Waals surface area contributed by atoms with Gasteiger partial charge in [-0.1, -0.05) is 0 Å². The van der Waals surface area contributed by atoms with Crippen LogP contribution >= 0.6 is 0 Å². The van der Waals surface area contributed by atoms with Gasteiger partial charge in [0.1, 0.15) is 35.7 Å². The van der Waals surface area contributed by atoms with Crippen LogP contribution in [-0.2, 0) is 10.3 Å². The lowest BCUT2D eigenvalue weighted by molar-refractivity contribution is -0.0757. The second-order valence-corrected chi connectivity index (χ2v) is 5.67. The van der Waals surface area contributed by atoms with E-state index in [1.165, 1.54) is 16.9 Å². The Morgan fingerprint density at radius 2 is 2.09 bits per heavy atom. The summed E-state index contributed by atoms with van der Waals surface area (Å²) in [5.74, 6) is 0.212. The number of nitrogen functional groups attached to an aromatic ring is 1. The quantitative estimate of drug-likeness (QED) is 0.486. The Hall–Kier alpha value is -2.25. The van der Waals surface area contributed by atoms with Crippen LogP contribution in [0.1, 0.15) is 12.1 Å². The van der Waals surface area contributed by atoms with Crippen LogP contribution in [0.25, 0.3) is 5.52 Å². The fourth-order valence-corrected chi connectivity index (χ4v) is 3.16. The van der Waals surface area contributed by atoms with E-state index in [4.69, 9.17) is 10.5 Å². The van der Waals surface area contributed by atoms with Gasteiger partial charge in [-0.15, -0.1) is 0 Å². The van der Waals surface area contributed by atoms with Crippen LogP contribution in [0.2, 0.25) is 0 Å². The zero-order valence-electron chi connectivity index (χ0n) is 11.3.